The van der Waals surface area contributed by atoms with Gasteiger partial charge in [0.1, 0.15) is 4.99 Å². The summed E-state index contributed by atoms with van der Waals surface area (Å²) in [7, 11) is 1.81. The molecular formula is C12H16N2OS2. The lowest BCUT2D eigenvalue weighted by Crippen LogP contribution is -2.28. The molecule has 0 aliphatic heterocycles. The molecule has 0 atom stereocenters. The molecule has 2 N–H and O–H groups in total. The molecule has 0 radical (unpaired) electrons. The number of carbonyl (C=O) groups is 1. The Bertz CT molecular complexity index is 403. The van der Waals surface area contributed by atoms with E-state index in [-0.39, 0.29) is 5.91 Å². The topological polar surface area (TPSA) is 46.3 Å². The second-order valence-corrected chi connectivity index (χ2v) is 5.09. The molecule has 0 saturated heterocycles. The highest BCUT2D eigenvalue weighted by Gasteiger charge is 2.10. The summed E-state index contributed by atoms with van der Waals surface area (Å²) in [6, 6.07) is 7.06. The van der Waals surface area contributed by atoms with Crippen LogP contribution in [0, 0.1) is 0 Å². The van der Waals surface area contributed by atoms with Crippen molar-refractivity contribution in [3.8, 4) is 0 Å². The van der Waals surface area contributed by atoms with Crippen LogP contribution < -0.4 is 5.73 Å². The Labute approximate surface area is 111 Å². The molecule has 92 valence electrons. The predicted molar refractivity (Wildman–Crippen MR) is 77.7 cm³/mol. The van der Waals surface area contributed by atoms with Gasteiger partial charge in [0.25, 0.3) is 5.91 Å². The number of amides is 1. The van der Waals surface area contributed by atoms with E-state index in [9.17, 15) is 4.79 Å². The van der Waals surface area contributed by atoms with Gasteiger partial charge in [-0.25, -0.2) is 0 Å². The Balaban J connectivity index is 2.72. The van der Waals surface area contributed by atoms with Gasteiger partial charge in [-0.1, -0.05) is 24.4 Å². The van der Waals surface area contributed by atoms with Crippen molar-refractivity contribution in [3.05, 3.63) is 35.4 Å². The van der Waals surface area contributed by atoms with Crippen LogP contribution in [0.4, 0.5) is 0 Å². The molecule has 0 saturated carbocycles. The zero-order valence-electron chi connectivity index (χ0n) is 9.97. The minimum Gasteiger partial charge on any atom is -0.389 e. The van der Waals surface area contributed by atoms with Gasteiger partial charge in [0.15, 0.2) is 0 Å². The Kier molecular flexibility index (Phi) is 5.44. The molecule has 1 amide bonds. The SMILES string of the molecule is CSCCN(C)C(=O)c1ccc(C(N)=S)cc1. The second kappa shape index (κ2) is 6.61. The van der Waals surface area contributed by atoms with Gasteiger partial charge in [-0.15, -0.1) is 0 Å². The van der Waals surface area contributed by atoms with Crippen molar-refractivity contribution in [3.63, 3.8) is 0 Å². The highest BCUT2D eigenvalue weighted by atomic mass is 32.2. The molecule has 3 nitrogen and oxygen atoms in total. The highest BCUT2D eigenvalue weighted by Crippen LogP contribution is 2.07. The molecule has 0 fully saturated rings. The van der Waals surface area contributed by atoms with Crippen LogP contribution in [-0.4, -0.2) is 41.4 Å². The number of hydrogen-bond donors (Lipinski definition) is 1. The monoisotopic (exact) mass is 268 g/mol. The third-order valence-electron chi connectivity index (χ3n) is 2.39. The summed E-state index contributed by atoms with van der Waals surface area (Å²) in [4.78, 5) is 14.0. The number of nitrogens with two attached hydrogens (primary N) is 1. The predicted octanol–water partition coefficient (Wildman–Crippen LogP) is 1.76. The van der Waals surface area contributed by atoms with Gasteiger partial charge < -0.3 is 10.6 Å². The van der Waals surface area contributed by atoms with E-state index in [1.165, 1.54) is 0 Å². The van der Waals surface area contributed by atoms with Crippen molar-refractivity contribution >= 4 is 34.9 Å². The van der Waals surface area contributed by atoms with Gasteiger partial charge in [0.2, 0.25) is 0 Å². The molecule has 0 aliphatic carbocycles. The van der Waals surface area contributed by atoms with Crippen molar-refractivity contribution < 1.29 is 4.79 Å². The first-order valence-electron chi connectivity index (χ1n) is 5.20. The van der Waals surface area contributed by atoms with Crippen LogP contribution in [-0.2, 0) is 0 Å². The van der Waals surface area contributed by atoms with Crippen LogP contribution in [0.5, 0.6) is 0 Å². The number of rotatable bonds is 5. The lowest BCUT2D eigenvalue weighted by Gasteiger charge is -2.16. The molecule has 1 rings (SSSR count). The van der Waals surface area contributed by atoms with Crippen LogP contribution >= 0.6 is 24.0 Å². The van der Waals surface area contributed by atoms with Gasteiger partial charge in [-0.2, -0.15) is 11.8 Å². The smallest absolute Gasteiger partial charge is 0.253 e. The highest BCUT2D eigenvalue weighted by molar-refractivity contribution is 7.98. The Morgan fingerprint density at radius 1 is 1.35 bits per heavy atom. The van der Waals surface area contributed by atoms with Gasteiger partial charge >= 0.3 is 0 Å². The molecule has 5 heteroatoms. The van der Waals surface area contributed by atoms with Crippen molar-refractivity contribution in [2.75, 3.05) is 25.6 Å². The van der Waals surface area contributed by atoms with E-state index in [1.54, 1.807) is 48.0 Å². The van der Waals surface area contributed by atoms with Crippen molar-refractivity contribution in [1.29, 1.82) is 0 Å². The number of benzene rings is 1. The fourth-order valence-electron chi connectivity index (χ4n) is 1.33. The van der Waals surface area contributed by atoms with Crippen LogP contribution in [0.3, 0.4) is 0 Å². The third kappa shape index (κ3) is 4.02. The Morgan fingerprint density at radius 2 is 1.88 bits per heavy atom. The molecule has 1 aromatic carbocycles. The molecule has 0 aliphatic rings. The maximum atomic E-state index is 12.0. The average molecular weight is 268 g/mol. The maximum absolute atomic E-state index is 12.0. The quantitative estimate of drug-likeness (QED) is 0.827. The first kappa shape index (κ1) is 14.0. The normalized spacial score (nSPS) is 10.0. The lowest BCUT2D eigenvalue weighted by atomic mass is 10.1. The molecular weight excluding hydrogens is 252 g/mol. The van der Waals surface area contributed by atoms with E-state index in [2.05, 4.69) is 0 Å². The fraction of sp³-hybridized carbons (Fsp3) is 0.333. The minimum absolute atomic E-state index is 0.0218. The molecule has 0 unspecified atom stereocenters. The summed E-state index contributed by atoms with van der Waals surface area (Å²) >= 11 is 6.58. The van der Waals surface area contributed by atoms with E-state index in [0.717, 1.165) is 17.9 Å². The largest absolute Gasteiger partial charge is 0.389 e. The van der Waals surface area contributed by atoms with Gasteiger partial charge in [0, 0.05) is 30.5 Å². The van der Waals surface area contributed by atoms with Crippen LogP contribution in [0.2, 0.25) is 0 Å². The summed E-state index contributed by atoms with van der Waals surface area (Å²) < 4.78 is 0. The zero-order valence-corrected chi connectivity index (χ0v) is 11.6. The van der Waals surface area contributed by atoms with Crippen LogP contribution in [0.15, 0.2) is 24.3 Å². The molecule has 0 bridgehead atoms. The van der Waals surface area contributed by atoms with Gasteiger partial charge in [-0.05, 0) is 18.4 Å². The summed E-state index contributed by atoms with van der Waals surface area (Å²) in [5, 5.41) is 0. The number of nitrogens with zero attached hydrogens (tertiary/aromatic N) is 1. The zero-order chi connectivity index (χ0) is 12.8. The number of carbonyl (C=O) groups excluding carboxylic acids is 1. The van der Waals surface area contributed by atoms with Crippen LogP contribution in [0.1, 0.15) is 15.9 Å². The van der Waals surface area contributed by atoms with Crippen molar-refractivity contribution in [2.24, 2.45) is 5.73 Å². The maximum Gasteiger partial charge on any atom is 0.253 e. The fourth-order valence-corrected chi connectivity index (χ4v) is 1.92. The van der Waals surface area contributed by atoms with E-state index < -0.39 is 0 Å². The summed E-state index contributed by atoms with van der Waals surface area (Å²) in [6.07, 6.45) is 2.02. The number of thiocarbonyl (C=S) groups is 1. The van der Waals surface area contributed by atoms with E-state index in [4.69, 9.17) is 18.0 Å². The van der Waals surface area contributed by atoms with Crippen molar-refractivity contribution in [1.82, 2.24) is 4.90 Å². The number of thioether (sulfide) groups is 1. The standard InChI is InChI=1S/C12H16N2OS2/c1-14(7-8-17-2)12(15)10-5-3-9(4-6-10)11(13)16/h3-6H,7-8H2,1-2H3,(H2,13,16). The van der Waals surface area contributed by atoms with Gasteiger partial charge in [0.05, 0.1) is 0 Å². The first-order chi connectivity index (χ1) is 8.06. The Hall–Kier alpha value is -1.07. The van der Waals surface area contributed by atoms with E-state index in [0.29, 0.717) is 10.6 Å². The average Bonchev–Trinajstić information content (AvgIpc) is 2.35. The minimum atomic E-state index is 0.0218. The molecule has 1 aromatic rings. The third-order valence-corrected chi connectivity index (χ3v) is 3.22. The number of hydrogen-bond acceptors (Lipinski definition) is 3. The summed E-state index contributed by atoms with van der Waals surface area (Å²) in [5.41, 5.74) is 6.94. The molecule has 17 heavy (non-hydrogen) atoms. The van der Waals surface area contributed by atoms with Gasteiger partial charge in [-0.3, -0.25) is 4.79 Å². The summed E-state index contributed by atoms with van der Waals surface area (Å²) in [6.45, 7) is 0.747. The molecule has 0 aromatic heterocycles. The summed E-state index contributed by atoms with van der Waals surface area (Å²) in [5.74, 6) is 0.960. The first-order valence-corrected chi connectivity index (χ1v) is 7.00. The second-order valence-electron chi connectivity index (χ2n) is 3.66. The van der Waals surface area contributed by atoms with E-state index >= 15 is 0 Å². The van der Waals surface area contributed by atoms with Crippen LogP contribution in [0.25, 0.3) is 0 Å². The van der Waals surface area contributed by atoms with E-state index in [1.807, 2.05) is 6.26 Å². The lowest BCUT2D eigenvalue weighted by molar-refractivity contribution is 0.0804. The molecule has 0 spiro atoms. The van der Waals surface area contributed by atoms with Crippen molar-refractivity contribution in [2.45, 2.75) is 0 Å². The Morgan fingerprint density at radius 3 is 2.35 bits per heavy atom. The molecule has 0 heterocycles.